The summed E-state index contributed by atoms with van der Waals surface area (Å²) in [5.41, 5.74) is 2.37. The molecule has 1 aromatic carbocycles. The molecule has 0 saturated heterocycles. The fourth-order valence-corrected chi connectivity index (χ4v) is 3.57. The van der Waals surface area contributed by atoms with E-state index in [9.17, 15) is 10.4 Å². The van der Waals surface area contributed by atoms with Crippen molar-refractivity contribution < 1.29 is 9.84 Å². The van der Waals surface area contributed by atoms with Crippen LogP contribution in [0.2, 0.25) is 0 Å². The van der Waals surface area contributed by atoms with E-state index in [2.05, 4.69) is 21.4 Å². The number of hydrogen-bond donors (Lipinski definition) is 2. The lowest BCUT2D eigenvalue weighted by atomic mass is 10.0. The van der Waals surface area contributed by atoms with Gasteiger partial charge in [0.25, 0.3) is 0 Å². The van der Waals surface area contributed by atoms with Crippen molar-refractivity contribution in [3.05, 3.63) is 78.4 Å². The molecule has 1 saturated carbocycles. The topological polar surface area (TPSA) is 109 Å². The van der Waals surface area contributed by atoms with Crippen molar-refractivity contribution in [1.82, 2.24) is 19.7 Å². The van der Waals surface area contributed by atoms with Gasteiger partial charge in [0.15, 0.2) is 5.75 Å². The number of aromatic nitrogens is 4. The smallest absolute Gasteiger partial charge is 0.173 e. The van der Waals surface area contributed by atoms with Crippen LogP contribution in [0.4, 0.5) is 11.5 Å². The minimum atomic E-state index is -1.04. The maximum Gasteiger partial charge on any atom is 0.173 e. The number of benzene rings is 1. The summed E-state index contributed by atoms with van der Waals surface area (Å²) in [6.45, 7) is 3.38. The number of nitrogens with zero attached hydrogens (tertiary/aromatic N) is 5. The molecule has 170 valence electrons. The van der Waals surface area contributed by atoms with Crippen LogP contribution < -0.4 is 10.1 Å². The van der Waals surface area contributed by atoms with Crippen molar-refractivity contribution >= 4 is 11.5 Å². The van der Waals surface area contributed by atoms with Crippen LogP contribution in [0.1, 0.15) is 44.0 Å². The van der Waals surface area contributed by atoms with E-state index in [1.54, 1.807) is 50.5 Å². The van der Waals surface area contributed by atoms with Gasteiger partial charge in [-0.1, -0.05) is 12.1 Å². The molecule has 0 amide bonds. The van der Waals surface area contributed by atoms with E-state index in [4.69, 9.17) is 9.84 Å². The Bertz CT molecular complexity index is 1380. The first-order valence-electron chi connectivity index (χ1n) is 11.1. The quantitative estimate of drug-likeness (QED) is 0.391. The van der Waals surface area contributed by atoms with Gasteiger partial charge in [-0.15, -0.1) is 0 Å². The number of nitriles is 1. The Morgan fingerprint density at radius 1 is 1.12 bits per heavy atom. The lowest BCUT2D eigenvalue weighted by Crippen LogP contribution is -2.17. The molecule has 4 aromatic rings. The first kappa shape index (κ1) is 21.6. The second kappa shape index (κ2) is 8.61. The Kier molecular flexibility index (Phi) is 5.48. The lowest BCUT2D eigenvalue weighted by molar-refractivity contribution is 0.0739. The third-order valence-electron chi connectivity index (χ3n) is 5.50. The zero-order chi connectivity index (χ0) is 23.7. The van der Waals surface area contributed by atoms with E-state index in [-0.39, 0.29) is 0 Å². The highest BCUT2D eigenvalue weighted by Gasteiger charge is 2.27. The number of pyridine rings is 2. The highest BCUT2D eigenvalue weighted by atomic mass is 16.5. The van der Waals surface area contributed by atoms with Crippen molar-refractivity contribution in [2.75, 3.05) is 5.32 Å². The van der Waals surface area contributed by atoms with E-state index >= 15 is 0 Å². The molecule has 3 aromatic heterocycles. The van der Waals surface area contributed by atoms with Crippen molar-refractivity contribution in [2.45, 2.75) is 38.3 Å². The maximum atomic E-state index is 10.2. The minimum absolute atomic E-state index is 0.390. The van der Waals surface area contributed by atoms with Crippen molar-refractivity contribution in [2.24, 2.45) is 0 Å². The predicted molar refractivity (Wildman–Crippen MR) is 128 cm³/mol. The molecule has 0 unspecified atom stereocenters. The Hall–Kier alpha value is -4.22. The first-order chi connectivity index (χ1) is 16.4. The maximum absolute atomic E-state index is 10.2. The van der Waals surface area contributed by atoms with Crippen LogP contribution in [-0.4, -0.2) is 24.9 Å². The van der Waals surface area contributed by atoms with Gasteiger partial charge in [-0.05, 0) is 57.0 Å². The molecule has 0 bridgehead atoms. The summed E-state index contributed by atoms with van der Waals surface area (Å²) >= 11 is 0. The van der Waals surface area contributed by atoms with Crippen LogP contribution >= 0.6 is 0 Å². The van der Waals surface area contributed by atoms with Gasteiger partial charge in [-0.2, -0.15) is 10.4 Å². The Labute approximate surface area is 197 Å². The van der Waals surface area contributed by atoms with Gasteiger partial charge in [0.1, 0.15) is 22.9 Å². The van der Waals surface area contributed by atoms with Gasteiger partial charge in [0, 0.05) is 29.7 Å². The van der Waals surface area contributed by atoms with Gasteiger partial charge in [0.05, 0.1) is 29.6 Å². The predicted octanol–water partition coefficient (Wildman–Crippen LogP) is 5.31. The zero-order valence-electron chi connectivity index (χ0n) is 18.9. The molecule has 1 aliphatic carbocycles. The second-order valence-electron chi connectivity index (χ2n) is 8.84. The van der Waals surface area contributed by atoms with Gasteiger partial charge < -0.3 is 15.2 Å². The van der Waals surface area contributed by atoms with E-state index in [1.165, 1.54) is 0 Å². The van der Waals surface area contributed by atoms with E-state index < -0.39 is 5.60 Å². The molecule has 3 heterocycles. The molecule has 0 radical (unpaired) electrons. The van der Waals surface area contributed by atoms with Crippen LogP contribution in [0.25, 0.3) is 11.3 Å². The average molecular weight is 453 g/mol. The highest BCUT2D eigenvalue weighted by Crippen LogP contribution is 2.40. The zero-order valence-corrected chi connectivity index (χ0v) is 18.9. The minimum Gasteiger partial charge on any atom is -0.453 e. The van der Waals surface area contributed by atoms with Gasteiger partial charge in [-0.25, -0.2) is 4.98 Å². The number of ether oxygens (including phenoxy) is 1. The molecule has 0 aliphatic heterocycles. The summed E-state index contributed by atoms with van der Waals surface area (Å²) in [5.74, 6) is 1.81. The van der Waals surface area contributed by atoms with E-state index in [1.807, 2.05) is 35.1 Å². The molecule has 0 spiro atoms. The Balaban J connectivity index is 1.42. The number of anilines is 2. The first-order valence-corrected chi connectivity index (χ1v) is 11.1. The van der Waals surface area contributed by atoms with Gasteiger partial charge >= 0.3 is 0 Å². The fraction of sp³-hybridized carbons (Fsp3) is 0.231. The third-order valence-corrected chi connectivity index (χ3v) is 5.50. The van der Waals surface area contributed by atoms with Crippen LogP contribution in [0.15, 0.2) is 67.1 Å². The van der Waals surface area contributed by atoms with Crippen LogP contribution in [0.3, 0.4) is 0 Å². The monoisotopic (exact) mass is 452 g/mol. The Morgan fingerprint density at radius 3 is 2.71 bits per heavy atom. The molecule has 8 heteroatoms. The standard InChI is InChI=1S/C26H24N6O2/c1-26(2,33)23-13-19(8-10-28-23)30-24-14-21(9-11-29-24)34-22-16-32(20-6-7-20)31-25(22)18-5-3-4-17(12-18)15-27/h3-5,8-14,16,20,33H,6-7H2,1-2H3,(H,28,29,30). The number of hydrogen-bond acceptors (Lipinski definition) is 7. The number of aliphatic hydroxyl groups is 1. The van der Waals surface area contributed by atoms with E-state index in [0.717, 1.165) is 24.1 Å². The number of rotatable bonds is 7. The van der Waals surface area contributed by atoms with Crippen molar-refractivity contribution in [3.8, 4) is 28.8 Å². The molecular formula is C26H24N6O2. The largest absolute Gasteiger partial charge is 0.453 e. The van der Waals surface area contributed by atoms with Crippen molar-refractivity contribution in [3.63, 3.8) is 0 Å². The van der Waals surface area contributed by atoms with Crippen LogP contribution in [-0.2, 0) is 5.60 Å². The summed E-state index contributed by atoms with van der Waals surface area (Å²) < 4.78 is 8.20. The highest BCUT2D eigenvalue weighted by molar-refractivity contribution is 5.68. The van der Waals surface area contributed by atoms with Crippen LogP contribution in [0, 0.1) is 11.3 Å². The van der Waals surface area contributed by atoms with Gasteiger partial charge in [-0.3, -0.25) is 9.67 Å². The van der Waals surface area contributed by atoms with Gasteiger partial charge in [0.2, 0.25) is 0 Å². The third kappa shape index (κ3) is 4.75. The molecule has 8 nitrogen and oxygen atoms in total. The van der Waals surface area contributed by atoms with Crippen LogP contribution in [0.5, 0.6) is 11.5 Å². The summed E-state index contributed by atoms with van der Waals surface area (Å²) in [7, 11) is 0. The summed E-state index contributed by atoms with van der Waals surface area (Å²) in [4.78, 5) is 8.62. The fourth-order valence-electron chi connectivity index (χ4n) is 3.57. The van der Waals surface area contributed by atoms with Crippen molar-refractivity contribution in [1.29, 1.82) is 5.26 Å². The Morgan fingerprint density at radius 2 is 1.94 bits per heavy atom. The molecule has 5 rings (SSSR count). The second-order valence-corrected chi connectivity index (χ2v) is 8.84. The normalized spacial score (nSPS) is 13.4. The molecule has 2 N–H and O–H groups in total. The summed E-state index contributed by atoms with van der Waals surface area (Å²) in [5, 5.41) is 27.5. The molecule has 1 fully saturated rings. The lowest BCUT2D eigenvalue weighted by Gasteiger charge is -2.17. The molecule has 34 heavy (non-hydrogen) atoms. The summed E-state index contributed by atoms with van der Waals surface area (Å²) in [6, 6.07) is 17.1. The molecular weight excluding hydrogens is 428 g/mol. The average Bonchev–Trinajstić information content (AvgIpc) is 3.59. The SMILES string of the molecule is CC(C)(O)c1cc(Nc2cc(Oc3cn(C4CC4)nc3-c3cccc(C#N)c3)ccn2)ccn1. The molecule has 0 atom stereocenters. The summed E-state index contributed by atoms with van der Waals surface area (Å²) in [6.07, 6.45) is 7.42. The van der Waals surface area contributed by atoms with E-state index in [0.29, 0.717) is 40.3 Å². The molecule has 1 aliphatic rings. The number of nitrogens with one attached hydrogen (secondary N) is 1.